The molecule has 0 spiro atoms. The van der Waals surface area contributed by atoms with Gasteiger partial charge in [0.05, 0.1) is 16.7 Å². The Bertz CT molecular complexity index is 504. The summed E-state index contributed by atoms with van der Waals surface area (Å²) in [5, 5.41) is 24.8. The highest BCUT2D eigenvalue weighted by Crippen LogP contribution is 2.15. The van der Waals surface area contributed by atoms with E-state index in [9.17, 15) is 10.1 Å². The number of hydrogen-bond donors (Lipinski definition) is 3. The predicted molar refractivity (Wildman–Crippen MR) is 69.8 cm³/mol. The molecule has 5 N–H and O–H groups in total. The molecule has 9 nitrogen and oxygen atoms in total. The van der Waals surface area contributed by atoms with E-state index in [0.29, 0.717) is 5.56 Å². The van der Waals surface area contributed by atoms with Crippen LogP contribution in [0.3, 0.4) is 0 Å². The van der Waals surface area contributed by atoms with Crippen LogP contribution < -0.4 is 11.5 Å². The first-order valence-corrected chi connectivity index (χ1v) is 4.89. The smallest absolute Gasteiger partial charge is 0.300 e. The average Bonchev–Trinajstić information content (AvgIpc) is 2.28. The van der Waals surface area contributed by atoms with Crippen molar-refractivity contribution in [1.29, 1.82) is 0 Å². The topological polar surface area (TPSA) is 157 Å². The highest BCUT2D eigenvalue weighted by atomic mass is 16.6. The normalized spacial score (nSPS) is 9.32. The zero-order valence-corrected chi connectivity index (χ0v) is 10.1. The van der Waals surface area contributed by atoms with E-state index in [4.69, 9.17) is 21.4 Å². The number of carboxylic acid groups (broad SMARTS) is 1. The van der Waals surface area contributed by atoms with E-state index < -0.39 is 10.9 Å². The number of nitrogens with two attached hydrogens (primary N) is 2. The second-order valence-corrected chi connectivity index (χ2v) is 3.10. The molecule has 0 atom stereocenters. The van der Waals surface area contributed by atoms with E-state index in [2.05, 4.69) is 10.2 Å². The highest BCUT2D eigenvalue weighted by molar-refractivity contribution is 5.86. The molecule has 0 heterocycles. The maximum atomic E-state index is 10.6. The van der Waals surface area contributed by atoms with Gasteiger partial charge in [0.2, 0.25) is 5.96 Å². The van der Waals surface area contributed by atoms with Crippen LogP contribution in [0.4, 0.5) is 5.69 Å². The summed E-state index contributed by atoms with van der Waals surface area (Å²) in [6, 6.07) is 6.14. The summed E-state index contributed by atoms with van der Waals surface area (Å²) in [5.41, 5.74) is 10.4. The van der Waals surface area contributed by atoms with Crippen molar-refractivity contribution in [3.8, 4) is 0 Å². The minimum Gasteiger partial charge on any atom is -0.481 e. The zero-order chi connectivity index (χ0) is 14.8. The molecule has 102 valence electrons. The molecule has 0 radical (unpaired) electrons. The van der Waals surface area contributed by atoms with Crippen molar-refractivity contribution in [2.45, 2.75) is 6.92 Å². The molecule has 0 aliphatic heterocycles. The summed E-state index contributed by atoms with van der Waals surface area (Å²) in [5.74, 6) is -1.04. The molecule has 0 aliphatic carbocycles. The number of guanidine groups is 1. The summed E-state index contributed by atoms with van der Waals surface area (Å²) >= 11 is 0. The van der Waals surface area contributed by atoms with Crippen molar-refractivity contribution in [3.63, 3.8) is 0 Å². The molecule has 0 aromatic heterocycles. The standard InChI is InChI=1S/C8H9N5O2.C2H4O2/c9-8(10)12-11-5-6-3-1-2-4-7(6)13(14)15;1-2(3)4/h1-5H,(H4,9,10,12);1H3,(H,3,4). The third kappa shape index (κ3) is 7.85. The second kappa shape index (κ2) is 8.17. The molecule has 0 fully saturated rings. The lowest BCUT2D eigenvalue weighted by atomic mass is 10.2. The van der Waals surface area contributed by atoms with Gasteiger partial charge in [-0.1, -0.05) is 12.1 Å². The monoisotopic (exact) mass is 267 g/mol. The third-order valence-corrected chi connectivity index (χ3v) is 1.50. The van der Waals surface area contributed by atoms with Crippen molar-refractivity contribution in [3.05, 3.63) is 39.9 Å². The minimum atomic E-state index is -0.833. The van der Waals surface area contributed by atoms with Crippen molar-refractivity contribution in [1.82, 2.24) is 0 Å². The number of benzene rings is 1. The first kappa shape index (κ1) is 16.0. The lowest BCUT2D eigenvalue weighted by Crippen LogP contribution is -2.21. The lowest BCUT2D eigenvalue weighted by Gasteiger charge is -1.94. The van der Waals surface area contributed by atoms with Crippen LogP contribution in [-0.4, -0.2) is 28.2 Å². The number of nitro groups is 1. The molecule has 1 aromatic rings. The minimum absolute atomic E-state index is 0.0490. The van der Waals surface area contributed by atoms with Gasteiger partial charge < -0.3 is 16.6 Å². The Labute approximate surface area is 108 Å². The Morgan fingerprint density at radius 1 is 1.42 bits per heavy atom. The Balaban J connectivity index is 0.000000711. The van der Waals surface area contributed by atoms with Crippen LogP contribution in [0.1, 0.15) is 12.5 Å². The van der Waals surface area contributed by atoms with Crippen molar-refractivity contribution in [2.75, 3.05) is 0 Å². The molecule has 1 aromatic carbocycles. The van der Waals surface area contributed by atoms with E-state index in [0.717, 1.165) is 6.92 Å². The molecule has 0 saturated carbocycles. The predicted octanol–water partition coefficient (Wildman–Crippen LogP) is 0.293. The van der Waals surface area contributed by atoms with Crippen LogP contribution in [0.5, 0.6) is 0 Å². The van der Waals surface area contributed by atoms with Crippen LogP contribution >= 0.6 is 0 Å². The Morgan fingerprint density at radius 2 is 1.95 bits per heavy atom. The number of nitrogens with zero attached hydrogens (tertiary/aromatic N) is 3. The maximum Gasteiger partial charge on any atom is 0.300 e. The molecule has 0 saturated heterocycles. The first-order valence-electron chi connectivity index (χ1n) is 4.89. The third-order valence-electron chi connectivity index (χ3n) is 1.50. The van der Waals surface area contributed by atoms with Gasteiger partial charge in [-0.15, -0.1) is 5.10 Å². The summed E-state index contributed by atoms with van der Waals surface area (Å²) in [6.45, 7) is 1.08. The summed E-state index contributed by atoms with van der Waals surface area (Å²) in [7, 11) is 0. The number of carboxylic acids is 1. The van der Waals surface area contributed by atoms with Crippen LogP contribution in [0, 0.1) is 10.1 Å². The average molecular weight is 267 g/mol. The molecular formula is C10H13N5O4. The Morgan fingerprint density at radius 3 is 2.42 bits per heavy atom. The van der Waals surface area contributed by atoms with Gasteiger partial charge in [0, 0.05) is 13.0 Å². The number of carbonyl (C=O) groups is 1. The number of para-hydroxylation sites is 1. The molecule has 1 rings (SSSR count). The van der Waals surface area contributed by atoms with E-state index in [1.54, 1.807) is 18.2 Å². The van der Waals surface area contributed by atoms with Crippen molar-refractivity contribution in [2.24, 2.45) is 21.7 Å². The van der Waals surface area contributed by atoms with Crippen LogP contribution in [-0.2, 0) is 4.79 Å². The quantitative estimate of drug-likeness (QED) is 0.309. The molecular weight excluding hydrogens is 254 g/mol. The van der Waals surface area contributed by atoms with E-state index in [-0.39, 0.29) is 11.6 Å². The van der Waals surface area contributed by atoms with Gasteiger partial charge in [-0.2, -0.15) is 5.10 Å². The number of rotatable bonds is 3. The van der Waals surface area contributed by atoms with Gasteiger partial charge in [-0.3, -0.25) is 14.9 Å². The number of nitro benzene ring substituents is 1. The fourth-order valence-electron chi connectivity index (χ4n) is 0.921. The lowest BCUT2D eigenvalue weighted by molar-refractivity contribution is -0.385. The van der Waals surface area contributed by atoms with E-state index in [1.165, 1.54) is 12.3 Å². The highest BCUT2D eigenvalue weighted by Gasteiger charge is 2.09. The van der Waals surface area contributed by atoms with Crippen molar-refractivity contribution < 1.29 is 14.8 Å². The maximum absolute atomic E-state index is 10.6. The van der Waals surface area contributed by atoms with Gasteiger partial charge in [0.25, 0.3) is 11.7 Å². The first-order chi connectivity index (χ1) is 8.84. The van der Waals surface area contributed by atoms with Gasteiger partial charge >= 0.3 is 0 Å². The largest absolute Gasteiger partial charge is 0.481 e. The van der Waals surface area contributed by atoms with Crippen LogP contribution in [0.15, 0.2) is 34.5 Å². The van der Waals surface area contributed by atoms with Crippen LogP contribution in [0.25, 0.3) is 0 Å². The van der Waals surface area contributed by atoms with Gasteiger partial charge in [-0.25, -0.2) is 0 Å². The van der Waals surface area contributed by atoms with Crippen molar-refractivity contribution >= 4 is 23.8 Å². The molecule has 0 bridgehead atoms. The molecule has 9 heteroatoms. The molecule has 0 amide bonds. The molecule has 0 unspecified atom stereocenters. The number of aliphatic carboxylic acids is 1. The SMILES string of the molecule is CC(=O)O.NC(N)=NN=Cc1ccccc1[N+](=O)[O-]. The Hall–Kier alpha value is -2.97. The molecule has 0 aliphatic rings. The van der Waals surface area contributed by atoms with Crippen LogP contribution in [0.2, 0.25) is 0 Å². The van der Waals surface area contributed by atoms with E-state index in [1.807, 2.05) is 0 Å². The van der Waals surface area contributed by atoms with Gasteiger partial charge in [0.1, 0.15) is 0 Å². The number of hydrogen-bond acceptors (Lipinski definition) is 5. The summed E-state index contributed by atoms with van der Waals surface area (Å²) in [4.78, 5) is 19.1. The summed E-state index contributed by atoms with van der Waals surface area (Å²) < 4.78 is 0. The van der Waals surface area contributed by atoms with Gasteiger partial charge in [-0.05, 0) is 6.07 Å². The fraction of sp³-hybridized carbons (Fsp3) is 0.100. The molecule has 19 heavy (non-hydrogen) atoms. The van der Waals surface area contributed by atoms with Gasteiger partial charge in [0.15, 0.2) is 0 Å². The zero-order valence-electron chi connectivity index (χ0n) is 10.1. The summed E-state index contributed by atoms with van der Waals surface area (Å²) in [6.07, 6.45) is 1.22. The van der Waals surface area contributed by atoms with E-state index >= 15 is 0 Å². The second-order valence-electron chi connectivity index (χ2n) is 3.10. The Kier molecular flexibility index (Phi) is 6.89. The fourth-order valence-corrected chi connectivity index (χ4v) is 0.921.